The van der Waals surface area contributed by atoms with Crippen molar-refractivity contribution in [3.63, 3.8) is 0 Å². The lowest BCUT2D eigenvalue weighted by Crippen LogP contribution is -2.24. The maximum Gasteiger partial charge on any atom is 0.312 e. The maximum atomic E-state index is 13.0. The molecule has 0 amide bonds. The van der Waals surface area contributed by atoms with Crippen molar-refractivity contribution in [3.05, 3.63) is 119 Å². The Bertz CT molecular complexity index is 1270. The summed E-state index contributed by atoms with van der Waals surface area (Å²) in [6, 6.07) is 23.0. The van der Waals surface area contributed by atoms with Gasteiger partial charge >= 0.3 is 5.97 Å². The van der Waals surface area contributed by atoms with E-state index in [0.717, 1.165) is 22.3 Å². The van der Waals surface area contributed by atoms with Crippen molar-refractivity contribution in [1.29, 1.82) is 0 Å². The lowest BCUT2D eigenvalue weighted by molar-refractivity contribution is -0.139. The summed E-state index contributed by atoms with van der Waals surface area (Å²) < 4.78 is 19.3. The van der Waals surface area contributed by atoms with Gasteiger partial charge in [0.1, 0.15) is 24.1 Å². The summed E-state index contributed by atoms with van der Waals surface area (Å²) in [4.78, 5) is 17.2. The van der Waals surface area contributed by atoms with Crippen LogP contribution in [-0.4, -0.2) is 27.0 Å². The Balaban J connectivity index is 1.41. The molecule has 2 unspecified atom stereocenters. The van der Waals surface area contributed by atoms with E-state index in [0.29, 0.717) is 11.5 Å². The number of aromatic nitrogens is 2. The van der Waals surface area contributed by atoms with Crippen molar-refractivity contribution in [2.45, 2.75) is 26.1 Å². The molecule has 0 bridgehead atoms. The fourth-order valence-electron chi connectivity index (χ4n) is 3.70. The van der Waals surface area contributed by atoms with Crippen LogP contribution in [0.25, 0.3) is 0 Å². The number of benzene rings is 3. The Morgan fingerprint density at radius 1 is 1.00 bits per heavy atom. The molecule has 3 aromatic carbocycles. The number of H-pyrrole nitrogens is 1. The van der Waals surface area contributed by atoms with E-state index in [1.807, 2.05) is 54.6 Å². The molecule has 1 heterocycles. The van der Waals surface area contributed by atoms with Gasteiger partial charge in [-0.2, -0.15) is 5.10 Å². The molecular weight excluding hydrogens is 461 g/mol. The van der Waals surface area contributed by atoms with Gasteiger partial charge in [0.25, 0.3) is 0 Å². The number of rotatable bonds is 11. The number of hydrogen-bond donors (Lipinski definition) is 2. The van der Waals surface area contributed by atoms with Crippen molar-refractivity contribution in [2.24, 2.45) is 11.1 Å². The molecule has 4 rings (SSSR count). The molecular formula is C28H26FN3O4. The Morgan fingerprint density at radius 2 is 1.69 bits per heavy atom. The van der Waals surface area contributed by atoms with Crippen LogP contribution in [0.2, 0.25) is 0 Å². The van der Waals surface area contributed by atoms with E-state index in [9.17, 15) is 14.3 Å². The molecule has 4 aromatic rings. The van der Waals surface area contributed by atoms with Crippen LogP contribution >= 0.6 is 0 Å². The first-order chi connectivity index (χ1) is 17.5. The minimum atomic E-state index is -0.994. The summed E-state index contributed by atoms with van der Waals surface area (Å²) in [5.41, 5.74) is 3.78. The molecule has 0 radical (unpaired) electrons. The van der Waals surface area contributed by atoms with Crippen LogP contribution in [0.15, 0.2) is 96.4 Å². The van der Waals surface area contributed by atoms with Crippen molar-refractivity contribution < 1.29 is 23.9 Å². The second kappa shape index (κ2) is 11.8. The van der Waals surface area contributed by atoms with Gasteiger partial charge < -0.3 is 14.7 Å². The minimum Gasteiger partial charge on any atom is -0.481 e. The highest BCUT2D eigenvalue weighted by molar-refractivity contribution is 6.00. The van der Waals surface area contributed by atoms with Crippen molar-refractivity contribution >= 4 is 11.7 Å². The van der Waals surface area contributed by atoms with Gasteiger partial charge in [0, 0.05) is 11.8 Å². The van der Waals surface area contributed by atoms with Gasteiger partial charge in [-0.3, -0.25) is 9.89 Å². The van der Waals surface area contributed by atoms with Crippen LogP contribution in [0.3, 0.4) is 0 Å². The van der Waals surface area contributed by atoms with E-state index in [1.54, 1.807) is 31.5 Å². The molecule has 2 N–H and O–H groups in total. The molecule has 0 saturated carbocycles. The fraction of sp³-hybridized carbons (Fsp3) is 0.179. The summed E-state index contributed by atoms with van der Waals surface area (Å²) >= 11 is 0. The van der Waals surface area contributed by atoms with Gasteiger partial charge in [0.2, 0.25) is 0 Å². The summed E-state index contributed by atoms with van der Waals surface area (Å²) in [7, 11) is 0. The Hall–Kier alpha value is -4.46. The highest BCUT2D eigenvalue weighted by atomic mass is 19.1. The van der Waals surface area contributed by atoms with E-state index in [2.05, 4.69) is 15.4 Å². The Labute approximate surface area is 208 Å². The van der Waals surface area contributed by atoms with Gasteiger partial charge in [-0.15, -0.1) is 0 Å². The third kappa shape index (κ3) is 6.56. The number of oxime groups is 1. The van der Waals surface area contributed by atoms with Gasteiger partial charge in [-0.05, 0) is 54.3 Å². The van der Waals surface area contributed by atoms with E-state index in [1.165, 1.54) is 12.1 Å². The molecule has 8 heteroatoms. The van der Waals surface area contributed by atoms with Crippen LogP contribution in [0.5, 0.6) is 5.75 Å². The molecule has 0 saturated heterocycles. The monoisotopic (exact) mass is 487 g/mol. The van der Waals surface area contributed by atoms with Gasteiger partial charge in [-0.25, -0.2) is 4.39 Å². The molecule has 36 heavy (non-hydrogen) atoms. The minimum absolute atomic E-state index is 0.120. The number of carboxylic acids is 1. The number of hydrogen-bond acceptors (Lipinski definition) is 5. The van der Waals surface area contributed by atoms with E-state index < -0.39 is 11.9 Å². The first-order valence-corrected chi connectivity index (χ1v) is 11.4. The zero-order valence-corrected chi connectivity index (χ0v) is 19.7. The Kier molecular flexibility index (Phi) is 8.08. The molecule has 0 aliphatic heterocycles. The van der Waals surface area contributed by atoms with Crippen LogP contribution < -0.4 is 4.74 Å². The van der Waals surface area contributed by atoms with Crippen molar-refractivity contribution in [3.8, 4) is 5.75 Å². The SMILES string of the molecule is CC(=NOCc1ccc(F)cc1)C(Cc1ccc(OC(c2ccccc2)c2cn[nH]c2)cc1)C(=O)O. The molecule has 0 aliphatic rings. The second-order valence-electron chi connectivity index (χ2n) is 8.31. The van der Waals surface area contributed by atoms with E-state index >= 15 is 0 Å². The highest BCUT2D eigenvalue weighted by Gasteiger charge is 2.23. The predicted molar refractivity (Wildman–Crippen MR) is 133 cm³/mol. The van der Waals surface area contributed by atoms with E-state index in [-0.39, 0.29) is 24.9 Å². The van der Waals surface area contributed by atoms with Gasteiger partial charge in [0.15, 0.2) is 6.10 Å². The Morgan fingerprint density at radius 3 is 2.33 bits per heavy atom. The number of halogens is 1. The highest BCUT2D eigenvalue weighted by Crippen LogP contribution is 2.28. The molecule has 2 atom stereocenters. The molecule has 184 valence electrons. The standard InChI is InChI=1S/C28H26FN3O4/c1-19(32-35-18-21-7-11-24(29)12-8-21)26(28(33)34)15-20-9-13-25(14-10-20)36-27(23-16-30-31-17-23)22-5-3-2-4-6-22/h2-14,16-17,26-27H,15,18H2,1H3,(H,30,31)(H,33,34). The topological polar surface area (TPSA) is 96.8 Å². The van der Waals surface area contributed by atoms with Crippen LogP contribution in [0, 0.1) is 11.7 Å². The van der Waals surface area contributed by atoms with Crippen molar-refractivity contribution in [1.82, 2.24) is 10.2 Å². The number of nitrogens with zero attached hydrogens (tertiary/aromatic N) is 2. The summed E-state index contributed by atoms with van der Waals surface area (Å²) in [6.07, 6.45) is 3.43. The van der Waals surface area contributed by atoms with Gasteiger partial charge in [-0.1, -0.05) is 59.8 Å². The average molecular weight is 488 g/mol. The zero-order valence-electron chi connectivity index (χ0n) is 19.7. The largest absolute Gasteiger partial charge is 0.481 e. The molecule has 7 nitrogen and oxygen atoms in total. The average Bonchev–Trinajstić information content (AvgIpc) is 3.43. The van der Waals surface area contributed by atoms with Crippen LogP contribution in [-0.2, 0) is 22.7 Å². The molecule has 1 aromatic heterocycles. The van der Waals surface area contributed by atoms with Gasteiger partial charge in [0.05, 0.1) is 11.9 Å². The summed E-state index contributed by atoms with van der Waals surface area (Å²) in [6.45, 7) is 1.74. The van der Waals surface area contributed by atoms with Crippen molar-refractivity contribution in [2.75, 3.05) is 0 Å². The molecule has 0 spiro atoms. The number of aromatic amines is 1. The lowest BCUT2D eigenvalue weighted by Gasteiger charge is -2.19. The summed E-state index contributed by atoms with van der Waals surface area (Å²) in [5, 5.41) is 20.6. The fourth-order valence-corrected chi connectivity index (χ4v) is 3.70. The smallest absolute Gasteiger partial charge is 0.312 e. The number of carboxylic acid groups (broad SMARTS) is 1. The maximum absolute atomic E-state index is 13.0. The lowest BCUT2D eigenvalue weighted by atomic mass is 9.95. The summed E-state index contributed by atoms with van der Waals surface area (Å²) in [5.74, 6) is -1.54. The number of carbonyl (C=O) groups is 1. The number of aliphatic carboxylic acids is 1. The normalized spacial score (nSPS) is 13.1. The second-order valence-corrected chi connectivity index (χ2v) is 8.31. The van der Waals surface area contributed by atoms with E-state index in [4.69, 9.17) is 9.57 Å². The first kappa shape index (κ1) is 24.7. The number of ether oxygens (including phenoxy) is 1. The molecule has 0 fully saturated rings. The first-order valence-electron chi connectivity index (χ1n) is 11.4. The molecule has 0 aliphatic carbocycles. The third-order valence-corrected chi connectivity index (χ3v) is 5.70. The number of nitrogens with one attached hydrogen (secondary N) is 1. The zero-order chi connectivity index (χ0) is 25.3. The third-order valence-electron chi connectivity index (χ3n) is 5.70. The quantitative estimate of drug-likeness (QED) is 0.213. The predicted octanol–water partition coefficient (Wildman–Crippen LogP) is 5.55. The van der Waals surface area contributed by atoms with Crippen LogP contribution in [0.1, 0.15) is 35.3 Å². The van der Waals surface area contributed by atoms with Crippen LogP contribution in [0.4, 0.5) is 4.39 Å².